The number of rotatable bonds is 2. The lowest BCUT2D eigenvalue weighted by Crippen LogP contribution is -1.93. The van der Waals surface area contributed by atoms with Gasteiger partial charge in [0.05, 0.1) is 7.11 Å². The van der Waals surface area contributed by atoms with E-state index < -0.39 is 0 Å². The van der Waals surface area contributed by atoms with Crippen LogP contribution in [0.2, 0.25) is 0 Å². The van der Waals surface area contributed by atoms with E-state index in [-0.39, 0.29) is 5.82 Å². The standard InChI is InChI=1S/C21H16FNO/c1-24-21-12-16-8-13-6-7-17(22)10-14(13)9-15(16)11-19(21)18-4-2-3-5-20(18)23/h2-12H,23H2,1H3. The van der Waals surface area contributed by atoms with Crippen molar-refractivity contribution in [1.82, 2.24) is 0 Å². The molecule has 4 aromatic rings. The normalized spacial score (nSPS) is 11.1. The number of ether oxygens (including phenoxy) is 1. The maximum Gasteiger partial charge on any atom is 0.127 e. The number of para-hydroxylation sites is 1. The Bertz CT molecular complexity index is 1070. The summed E-state index contributed by atoms with van der Waals surface area (Å²) in [4.78, 5) is 0. The topological polar surface area (TPSA) is 35.2 Å². The predicted molar refractivity (Wildman–Crippen MR) is 97.8 cm³/mol. The van der Waals surface area contributed by atoms with E-state index in [2.05, 4.69) is 0 Å². The van der Waals surface area contributed by atoms with Gasteiger partial charge in [0.15, 0.2) is 0 Å². The molecule has 0 unspecified atom stereocenters. The minimum absolute atomic E-state index is 0.233. The minimum Gasteiger partial charge on any atom is -0.496 e. The molecule has 0 aliphatic carbocycles. The van der Waals surface area contributed by atoms with Gasteiger partial charge in [-0.1, -0.05) is 24.3 Å². The number of hydrogen-bond acceptors (Lipinski definition) is 2. The largest absolute Gasteiger partial charge is 0.496 e. The third-order valence-corrected chi connectivity index (χ3v) is 4.33. The lowest BCUT2D eigenvalue weighted by Gasteiger charge is -2.13. The second-order valence-corrected chi connectivity index (χ2v) is 5.83. The number of hydrogen-bond donors (Lipinski definition) is 1. The fourth-order valence-corrected chi connectivity index (χ4v) is 3.12. The lowest BCUT2D eigenvalue weighted by atomic mass is 9.96. The smallest absolute Gasteiger partial charge is 0.127 e. The van der Waals surface area contributed by atoms with Crippen LogP contribution in [0.25, 0.3) is 32.7 Å². The first kappa shape index (κ1) is 14.5. The average Bonchev–Trinajstić information content (AvgIpc) is 2.59. The van der Waals surface area contributed by atoms with Gasteiger partial charge in [-0.05, 0) is 64.0 Å². The molecule has 3 heteroatoms. The number of nitrogens with two attached hydrogens (primary N) is 1. The van der Waals surface area contributed by atoms with Crippen LogP contribution in [0.4, 0.5) is 10.1 Å². The van der Waals surface area contributed by atoms with Gasteiger partial charge in [0.1, 0.15) is 11.6 Å². The predicted octanol–water partition coefficient (Wildman–Crippen LogP) is 5.39. The van der Waals surface area contributed by atoms with Gasteiger partial charge in [-0.3, -0.25) is 0 Å². The molecule has 0 aliphatic heterocycles. The third kappa shape index (κ3) is 2.35. The van der Waals surface area contributed by atoms with Crippen molar-refractivity contribution < 1.29 is 9.13 Å². The first-order valence-electron chi connectivity index (χ1n) is 7.71. The number of halogens is 1. The van der Waals surface area contributed by atoms with Gasteiger partial charge in [0.25, 0.3) is 0 Å². The summed E-state index contributed by atoms with van der Waals surface area (Å²) in [5.74, 6) is 0.532. The van der Waals surface area contributed by atoms with E-state index in [9.17, 15) is 4.39 Å². The van der Waals surface area contributed by atoms with E-state index in [4.69, 9.17) is 10.5 Å². The van der Waals surface area contributed by atoms with Crippen molar-refractivity contribution in [3.8, 4) is 16.9 Å². The van der Waals surface area contributed by atoms with Crippen molar-refractivity contribution in [2.75, 3.05) is 12.8 Å². The molecule has 2 N–H and O–H groups in total. The highest BCUT2D eigenvalue weighted by atomic mass is 19.1. The van der Waals surface area contributed by atoms with E-state index >= 15 is 0 Å². The Morgan fingerprint density at radius 3 is 2.25 bits per heavy atom. The molecule has 0 atom stereocenters. The molecular weight excluding hydrogens is 301 g/mol. The van der Waals surface area contributed by atoms with Crippen molar-refractivity contribution in [2.24, 2.45) is 0 Å². The third-order valence-electron chi connectivity index (χ3n) is 4.33. The lowest BCUT2D eigenvalue weighted by molar-refractivity contribution is 0.417. The Hall–Kier alpha value is -3.07. The molecule has 0 bridgehead atoms. The highest BCUT2D eigenvalue weighted by Gasteiger charge is 2.11. The first-order valence-corrected chi connectivity index (χ1v) is 7.71. The molecular formula is C21H16FNO. The van der Waals surface area contributed by atoms with Gasteiger partial charge < -0.3 is 10.5 Å². The summed E-state index contributed by atoms with van der Waals surface area (Å²) in [6, 6.07) is 20.6. The van der Waals surface area contributed by atoms with Crippen LogP contribution in [0.15, 0.2) is 66.7 Å². The van der Waals surface area contributed by atoms with Gasteiger partial charge in [0.2, 0.25) is 0 Å². The molecule has 0 saturated carbocycles. The Morgan fingerprint density at radius 1 is 0.750 bits per heavy atom. The summed E-state index contributed by atoms with van der Waals surface area (Å²) in [5.41, 5.74) is 8.68. The second-order valence-electron chi connectivity index (χ2n) is 5.83. The van der Waals surface area contributed by atoms with Crippen molar-refractivity contribution in [1.29, 1.82) is 0 Å². The number of anilines is 1. The summed E-state index contributed by atoms with van der Waals surface area (Å²) in [7, 11) is 1.65. The van der Waals surface area contributed by atoms with Crippen LogP contribution in [-0.2, 0) is 0 Å². The molecule has 4 rings (SSSR count). The first-order chi connectivity index (χ1) is 11.7. The molecule has 2 nitrogen and oxygen atoms in total. The molecule has 0 fully saturated rings. The van der Waals surface area contributed by atoms with Crippen LogP contribution >= 0.6 is 0 Å². The van der Waals surface area contributed by atoms with Crippen LogP contribution in [0.1, 0.15) is 0 Å². The number of nitrogen functional groups attached to an aromatic ring is 1. The summed E-state index contributed by atoms with van der Waals surface area (Å²) >= 11 is 0. The summed E-state index contributed by atoms with van der Waals surface area (Å²) < 4.78 is 19.1. The molecule has 0 saturated heterocycles. The van der Waals surface area contributed by atoms with Crippen molar-refractivity contribution >= 4 is 27.2 Å². The van der Waals surface area contributed by atoms with E-state index in [0.29, 0.717) is 5.69 Å². The van der Waals surface area contributed by atoms with E-state index in [1.54, 1.807) is 19.2 Å². The van der Waals surface area contributed by atoms with Crippen LogP contribution in [0.5, 0.6) is 5.75 Å². The van der Waals surface area contributed by atoms with Gasteiger partial charge >= 0.3 is 0 Å². The maximum atomic E-state index is 13.5. The van der Waals surface area contributed by atoms with E-state index in [0.717, 1.165) is 38.4 Å². The number of benzene rings is 4. The molecule has 24 heavy (non-hydrogen) atoms. The average molecular weight is 317 g/mol. The molecule has 0 radical (unpaired) electrons. The van der Waals surface area contributed by atoms with Gasteiger partial charge in [-0.25, -0.2) is 4.39 Å². The fourth-order valence-electron chi connectivity index (χ4n) is 3.12. The Balaban J connectivity index is 2.03. The summed E-state index contributed by atoms with van der Waals surface area (Å²) in [6.45, 7) is 0. The van der Waals surface area contributed by atoms with Crippen LogP contribution in [-0.4, -0.2) is 7.11 Å². The van der Waals surface area contributed by atoms with E-state index in [1.807, 2.05) is 48.5 Å². The quantitative estimate of drug-likeness (QED) is 0.397. The zero-order valence-corrected chi connectivity index (χ0v) is 13.2. The Labute approximate surface area is 139 Å². The highest BCUT2D eigenvalue weighted by molar-refractivity contribution is 6.01. The second kappa shape index (κ2) is 5.53. The molecule has 0 aliphatic rings. The zero-order valence-electron chi connectivity index (χ0n) is 13.2. The number of methoxy groups -OCH3 is 1. The van der Waals surface area contributed by atoms with Crippen LogP contribution in [0.3, 0.4) is 0 Å². The molecule has 0 spiro atoms. The SMILES string of the molecule is COc1cc2cc3ccc(F)cc3cc2cc1-c1ccccc1N. The molecule has 0 amide bonds. The van der Waals surface area contributed by atoms with Gasteiger partial charge in [0, 0.05) is 16.8 Å². The summed E-state index contributed by atoms with van der Waals surface area (Å²) in [5, 5.41) is 3.94. The molecule has 118 valence electrons. The summed E-state index contributed by atoms with van der Waals surface area (Å²) in [6.07, 6.45) is 0. The van der Waals surface area contributed by atoms with Crippen molar-refractivity contribution in [3.05, 3.63) is 72.5 Å². The van der Waals surface area contributed by atoms with Crippen molar-refractivity contribution in [3.63, 3.8) is 0 Å². The molecule has 0 heterocycles. The number of fused-ring (bicyclic) bond motifs is 2. The van der Waals surface area contributed by atoms with Gasteiger partial charge in [-0.2, -0.15) is 0 Å². The Kier molecular flexibility index (Phi) is 3.35. The van der Waals surface area contributed by atoms with Crippen molar-refractivity contribution in [2.45, 2.75) is 0 Å². The zero-order chi connectivity index (χ0) is 16.7. The van der Waals surface area contributed by atoms with Crippen LogP contribution in [0, 0.1) is 5.82 Å². The highest BCUT2D eigenvalue weighted by Crippen LogP contribution is 2.38. The van der Waals surface area contributed by atoms with Crippen LogP contribution < -0.4 is 10.5 Å². The Morgan fingerprint density at radius 2 is 1.46 bits per heavy atom. The fraction of sp³-hybridized carbons (Fsp3) is 0.0476. The molecule has 0 aromatic heterocycles. The molecule has 4 aromatic carbocycles. The maximum absolute atomic E-state index is 13.5. The monoisotopic (exact) mass is 317 g/mol. The van der Waals surface area contributed by atoms with E-state index in [1.165, 1.54) is 6.07 Å². The minimum atomic E-state index is -0.233. The van der Waals surface area contributed by atoms with Gasteiger partial charge in [-0.15, -0.1) is 0 Å².